The zero-order valence-electron chi connectivity index (χ0n) is 9.60. The number of anilines is 1. The smallest absolute Gasteiger partial charge is 0.321 e. The summed E-state index contributed by atoms with van der Waals surface area (Å²) in [6.45, 7) is 0. The molecule has 4 nitrogen and oxygen atoms in total. The monoisotopic (exact) mass is 265 g/mol. The molecule has 1 aromatic heterocycles. The number of aromatic nitrogens is 2. The summed E-state index contributed by atoms with van der Waals surface area (Å²) in [5.74, 6) is 0.955. The second-order valence-corrected chi connectivity index (χ2v) is 5.23. The molecule has 1 heterocycles. The number of hydrogen-bond donors (Lipinski definition) is 1. The number of hydrogen-bond acceptors (Lipinski definition) is 5. The lowest BCUT2D eigenvalue weighted by Crippen LogP contribution is -2.00. The molecule has 0 saturated heterocycles. The van der Waals surface area contributed by atoms with E-state index in [0.717, 1.165) is 17.7 Å². The van der Waals surface area contributed by atoms with Crippen molar-refractivity contribution in [2.75, 3.05) is 5.32 Å². The normalized spacial score (nSPS) is 14.7. The van der Waals surface area contributed by atoms with Gasteiger partial charge in [0.25, 0.3) is 0 Å². The van der Waals surface area contributed by atoms with Crippen molar-refractivity contribution in [2.24, 2.45) is 0 Å². The van der Waals surface area contributed by atoms with Crippen molar-refractivity contribution in [1.82, 2.24) is 10.1 Å². The molecule has 1 aliphatic carbocycles. The molecule has 0 radical (unpaired) electrons. The maximum atomic E-state index is 13.0. The van der Waals surface area contributed by atoms with Crippen LogP contribution in [0.5, 0.6) is 0 Å². The Morgan fingerprint density at radius 3 is 3.11 bits per heavy atom. The van der Waals surface area contributed by atoms with Crippen molar-refractivity contribution in [3.8, 4) is 0 Å². The van der Waals surface area contributed by atoms with E-state index in [4.69, 9.17) is 4.52 Å². The van der Waals surface area contributed by atoms with Crippen LogP contribution in [0.2, 0.25) is 0 Å². The number of thioether (sulfide) groups is 1. The van der Waals surface area contributed by atoms with E-state index < -0.39 is 0 Å². The molecule has 1 aromatic carbocycles. The van der Waals surface area contributed by atoms with Crippen molar-refractivity contribution < 1.29 is 8.91 Å². The zero-order valence-corrected chi connectivity index (χ0v) is 10.4. The molecule has 18 heavy (non-hydrogen) atoms. The van der Waals surface area contributed by atoms with Crippen LogP contribution in [0.1, 0.15) is 18.7 Å². The van der Waals surface area contributed by atoms with E-state index in [1.807, 2.05) is 6.07 Å². The van der Waals surface area contributed by atoms with Crippen molar-refractivity contribution in [3.05, 3.63) is 35.9 Å². The van der Waals surface area contributed by atoms with Crippen LogP contribution in [0.15, 0.2) is 33.7 Å². The summed E-state index contributed by atoms with van der Waals surface area (Å²) in [6.07, 6.45) is 2.32. The highest BCUT2D eigenvalue weighted by Crippen LogP contribution is 2.25. The summed E-state index contributed by atoms with van der Waals surface area (Å²) in [7, 11) is 0. The van der Waals surface area contributed by atoms with Crippen LogP contribution in [0.3, 0.4) is 0 Å². The zero-order chi connectivity index (χ0) is 12.4. The Balaban J connectivity index is 1.57. The highest BCUT2D eigenvalue weighted by atomic mass is 32.2. The average molecular weight is 265 g/mol. The first-order chi connectivity index (χ1) is 8.79. The molecule has 2 aromatic rings. The Bertz CT molecular complexity index is 542. The highest BCUT2D eigenvalue weighted by Gasteiger charge is 2.23. The Morgan fingerprint density at radius 2 is 2.33 bits per heavy atom. The van der Waals surface area contributed by atoms with Gasteiger partial charge >= 0.3 is 6.01 Å². The van der Waals surface area contributed by atoms with E-state index in [-0.39, 0.29) is 5.82 Å². The van der Waals surface area contributed by atoms with E-state index >= 15 is 0 Å². The molecular formula is C12H12FN3OS. The summed E-state index contributed by atoms with van der Waals surface area (Å²) < 4.78 is 18.0. The van der Waals surface area contributed by atoms with E-state index in [9.17, 15) is 4.39 Å². The Hall–Kier alpha value is -1.56. The highest BCUT2D eigenvalue weighted by molar-refractivity contribution is 7.98. The summed E-state index contributed by atoms with van der Waals surface area (Å²) in [4.78, 5) is 5.08. The number of halogens is 1. The van der Waals surface area contributed by atoms with Gasteiger partial charge in [-0.25, -0.2) is 4.39 Å². The third kappa shape index (κ3) is 3.01. The minimum Gasteiger partial charge on any atom is -0.335 e. The van der Waals surface area contributed by atoms with Gasteiger partial charge in [0.05, 0.1) is 5.75 Å². The maximum absolute atomic E-state index is 13.0. The van der Waals surface area contributed by atoms with Crippen LogP contribution in [-0.4, -0.2) is 16.2 Å². The quantitative estimate of drug-likeness (QED) is 0.842. The average Bonchev–Trinajstić information content (AvgIpc) is 3.05. The molecule has 1 aliphatic rings. The van der Waals surface area contributed by atoms with Crippen LogP contribution < -0.4 is 5.32 Å². The van der Waals surface area contributed by atoms with Gasteiger partial charge in [0.1, 0.15) is 5.82 Å². The fourth-order valence-electron chi connectivity index (χ4n) is 1.48. The minimum atomic E-state index is -0.232. The van der Waals surface area contributed by atoms with Crippen molar-refractivity contribution >= 4 is 17.8 Å². The SMILES string of the molecule is Fc1cccc(SCc2noc(NC3CC3)n2)c1. The lowest BCUT2D eigenvalue weighted by Gasteiger charge is -1.97. The summed E-state index contributed by atoms with van der Waals surface area (Å²) >= 11 is 1.48. The molecular weight excluding hydrogens is 253 g/mol. The third-order valence-electron chi connectivity index (χ3n) is 2.54. The molecule has 1 saturated carbocycles. The van der Waals surface area contributed by atoms with Crippen LogP contribution in [0, 0.1) is 5.82 Å². The van der Waals surface area contributed by atoms with Gasteiger partial charge in [0, 0.05) is 10.9 Å². The van der Waals surface area contributed by atoms with Gasteiger partial charge in [-0.1, -0.05) is 11.2 Å². The predicted molar refractivity (Wildman–Crippen MR) is 66.9 cm³/mol. The first-order valence-electron chi connectivity index (χ1n) is 5.77. The lowest BCUT2D eigenvalue weighted by atomic mass is 10.4. The Labute approximate surface area is 108 Å². The molecule has 0 aliphatic heterocycles. The molecule has 0 amide bonds. The van der Waals surface area contributed by atoms with Gasteiger partial charge in [-0.2, -0.15) is 4.98 Å². The van der Waals surface area contributed by atoms with Gasteiger partial charge in [0.2, 0.25) is 0 Å². The minimum absolute atomic E-state index is 0.232. The lowest BCUT2D eigenvalue weighted by molar-refractivity contribution is 0.424. The van der Waals surface area contributed by atoms with Crippen molar-refractivity contribution in [3.63, 3.8) is 0 Å². The summed E-state index contributed by atoms with van der Waals surface area (Å²) in [5.41, 5.74) is 0. The van der Waals surface area contributed by atoms with Gasteiger partial charge in [-0.3, -0.25) is 0 Å². The van der Waals surface area contributed by atoms with Gasteiger partial charge < -0.3 is 9.84 Å². The fourth-order valence-corrected chi connectivity index (χ4v) is 2.26. The summed E-state index contributed by atoms with van der Waals surface area (Å²) in [6, 6.07) is 7.44. The van der Waals surface area contributed by atoms with E-state index in [0.29, 0.717) is 23.6 Å². The summed E-state index contributed by atoms with van der Waals surface area (Å²) in [5, 5.41) is 7.01. The van der Waals surface area contributed by atoms with Crippen LogP contribution >= 0.6 is 11.8 Å². The Kier molecular flexibility index (Phi) is 3.19. The fraction of sp³-hybridized carbons (Fsp3) is 0.333. The third-order valence-corrected chi connectivity index (χ3v) is 3.53. The number of benzene rings is 1. The van der Waals surface area contributed by atoms with Gasteiger partial charge in [-0.05, 0) is 31.0 Å². The number of rotatable bonds is 5. The van der Waals surface area contributed by atoms with E-state index in [1.54, 1.807) is 6.07 Å². The molecule has 6 heteroatoms. The molecule has 94 valence electrons. The van der Waals surface area contributed by atoms with Gasteiger partial charge in [0.15, 0.2) is 5.82 Å². The van der Waals surface area contributed by atoms with Gasteiger partial charge in [-0.15, -0.1) is 11.8 Å². The first-order valence-corrected chi connectivity index (χ1v) is 6.75. The second-order valence-electron chi connectivity index (χ2n) is 4.18. The van der Waals surface area contributed by atoms with Crippen LogP contribution in [-0.2, 0) is 5.75 Å². The largest absolute Gasteiger partial charge is 0.335 e. The topological polar surface area (TPSA) is 51.0 Å². The van der Waals surface area contributed by atoms with E-state index in [2.05, 4.69) is 15.5 Å². The maximum Gasteiger partial charge on any atom is 0.321 e. The second kappa shape index (κ2) is 4.97. The van der Waals surface area contributed by atoms with Crippen molar-refractivity contribution in [1.29, 1.82) is 0 Å². The number of nitrogens with one attached hydrogen (secondary N) is 1. The molecule has 3 rings (SSSR count). The standard InChI is InChI=1S/C12H12FN3OS/c13-8-2-1-3-10(6-8)18-7-11-15-12(17-16-11)14-9-4-5-9/h1-3,6,9H,4-5,7H2,(H,14,15,16). The number of nitrogens with zero attached hydrogens (tertiary/aromatic N) is 2. The molecule has 0 spiro atoms. The predicted octanol–water partition coefficient (Wildman–Crippen LogP) is 3.08. The molecule has 0 atom stereocenters. The van der Waals surface area contributed by atoms with E-state index in [1.165, 1.54) is 23.9 Å². The van der Waals surface area contributed by atoms with Crippen molar-refractivity contribution in [2.45, 2.75) is 29.5 Å². The Morgan fingerprint density at radius 1 is 1.44 bits per heavy atom. The molecule has 1 fully saturated rings. The van der Waals surface area contributed by atoms with Crippen LogP contribution in [0.25, 0.3) is 0 Å². The molecule has 0 unspecified atom stereocenters. The van der Waals surface area contributed by atoms with Crippen LogP contribution in [0.4, 0.5) is 10.4 Å². The molecule has 1 N–H and O–H groups in total. The molecule has 0 bridgehead atoms. The first kappa shape index (κ1) is 11.5.